The largest absolute Gasteiger partial charge is 0.492 e. The van der Waals surface area contributed by atoms with Gasteiger partial charge in [-0.05, 0) is 24.6 Å². The van der Waals surface area contributed by atoms with Gasteiger partial charge in [0.1, 0.15) is 5.75 Å². The maximum absolute atomic E-state index is 12.3. The Morgan fingerprint density at radius 3 is 2.71 bits per heavy atom. The van der Waals surface area contributed by atoms with Gasteiger partial charge in [0, 0.05) is 5.92 Å². The van der Waals surface area contributed by atoms with E-state index in [0.717, 1.165) is 5.56 Å². The summed E-state index contributed by atoms with van der Waals surface area (Å²) in [6, 6.07) is 5.30. The molecule has 0 aliphatic rings. The summed E-state index contributed by atoms with van der Waals surface area (Å²) < 4.78 is 17.6. The van der Waals surface area contributed by atoms with Crippen LogP contribution in [0.25, 0.3) is 0 Å². The zero-order valence-electron chi connectivity index (χ0n) is 8.31. The fourth-order valence-corrected chi connectivity index (χ4v) is 1.35. The van der Waals surface area contributed by atoms with Gasteiger partial charge in [-0.2, -0.15) is 0 Å². The van der Waals surface area contributed by atoms with Crippen LogP contribution in [0, 0.1) is 5.92 Å². The highest BCUT2D eigenvalue weighted by Crippen LogP contribution is 2.28. The number of alkyl halides is 1. The average Bonchev–Trinajstić information content (AvgIpc) is 2.20. The zero-order valence-corrected chi connectivity index (χ0v) is 9.07. The fraction of sp³-hybridized carbons (Fsp3) is 0.364. The Labute approximate surface area is 88.8 Å². The summed E-state index contributed by atoms with van der Waals surface area (Å²) in [5, 5.41) is 0.525. The van der Waals surface area contributed by atoms with Crippen molar-refractivity contribution in [2.75, 3.05) is 13.3 Å². The third-order valence-corrected chi connectivity index (χ3v) is 2.22. The van der Waals surface area contributed by atoms with Crippen LogP contribution in [-0.2, 0) is 0 Å². The van der Waals surface area contributed by atoms with Gasteiger partial charge in [-0.15, -0.1) is 0 Å². The molecule has 0 bridgehead atoms. The molecule has 1 aromatic rings. The molecule has 0 fully saturated rings. The van der Waals surface area contributed by atoms with Crippen molar-refractivity contribution in [3.63, 3.8) is 0 Å². The molecule has 0 aromatic heterocycles. The molecule has 77 valence electrons. The molecule has 0 unspecified atom stereocenters. The molecular weight excluding hydrogens is 203 g/mol. The van der Waals surface area contributed by atoms with Gasteiger partial charge in [0.2, 0.25) is 0 Å². The van der Waals surface area contributed by atoms with Gasteiger partial charge in [0.05, 0.1) is 18.3 Å². The Hall–Kier alpha value is -0.760. The minimum absolute atomic E-state index is 0.454. The van der Waals surface area contributed by atoms with Gasteiger partial charge < -0.3 is 4.74 Å². The number of rotatable bonds is 4. The van der Waals surface area contributed by atoms with E-state index in [4.69, 9.17) is 16.3 Å². The predicted octanol–water partition coefficient (Wildman–Crippen LogP) is 3.65. The minimum atomic E-state index is -0.454. The van der Waals surface area contributed by atoms with E-state index in [2.05, 4.69) is 0 Å². The molecular formula is C11H13ClFO. The van der Waals surface area contributed by atoms with E-state index in [1.54, 1.807) is 19.1 Å². The summed E-state index contributed by atoms with van der Waals surface area (Å²) in [5.41, 5.74) is 0.820. The van der Waals surface area contributed by atoms with Gasteiger partial charge in [0.25, 0.3) is 0 Å². The topological polar surface area (TPSA) is 9.23 Å². The van der Waals surface area contributed by atoms with Crippen LogP contribution >= 0.6 is 11.6 Å². The van der Waals surface area contributed by atoms with Crippen molar-refractivity contribution in [3.05, 3.63) is 34.7 Å². The summed E-state index contributed by atoms with van der Waals surface area (Å²) in [7, 11) is 0. The second-order valence-electron chi connectivity index (χ2n) is 2.99. The van der Waals surface area contributed by atoms with Crippen molar-refractivity contribution in [2.24, 2.45) is 0 Å². The lowest BCUT2D eigenvalue weighted by atomic mass is 10.0. The first-order valence-electron chi connectivity index (χ1n) is 4.50. The highest BCUT2D eigenvalue weighted by atomic mass is 35.5. The van der Waals surface area contributed by atoms with Crippen LogP contribution in [0.15, 0.2) is 18.2 Å². The highest BCUT2D eigenvalue weighted by molar-refractivity contribution is 6.32. The lowest BCUT2D eigenvalue weighted by Crippen LogP contribution is -1.98. The molecule has 0 heterocycles. The van der Waals surface area contributed by atoms with Gasteiger partial charge in [-0.3, -0.25) is 4.39 Å². The Morgan fingerprint density at radius 2 is 2.21 bits per heavy atom. The van der Waals surface area contributed by atoms with Crippen molar-refractivity contribution in [1.29, 1.82) is 0 Å². The van der Waals surface area contributed by atoms with Crippen LogP contribution in [-0.4, -0.2) is 13.3 Å². The maximum Gasteiger partial charge on any atom is 0.137 e. The van der Waals surface area contributed by atoms with Crippen LogP contribution in [0.1, 0.15) is 19.4 Å². The SMILES string of the molecule is CCOc1ccc([C](C)CF)cc1Cl. The molecule has 3 heteroatoms. The van der Waals surface area contributed by atoms with Gasteiger partial charge in [-0.1, -0.05) is 24.6 Å². The second-order valence-corrected chi connectivity index (χ2v) is 3.40. The van der Waals surface area contributed by atoms with E-state index < -0.39 is 6.67 Å². The monoisotopic (exact) mass is 215 g/mol. The molecule has 0 amide bonds. The number of ether oxygens (including phenoxy) is 1. The van der Waals surface area contributed by atoms with Gasteiger partial charge in [0.15, 0.2) is 0 Å². The number of hydrogen-bond donors (Lipinski definition) is 0. The van der Waals surface area contributed by atoms with E-state index in [0.29, 0.717) is 23.3 Å². The van der Waals surface area contributed by atoms with E-state index in [1.807, 2.05) is 13.0 Å². The van der Waals surface area contributed by atoms with Crippen LogP contribution in [0.2, 0.25) is 5.02 Å². The zero-order chi connectivity index (χ0) is 10.6. The quantitative estimate of drug-likeness (QED) is 0.745. The van der Waals surface area contributed by atoms with Crippen molar-refractivity contribution in [3.8, 4) is 5.75 Å². The number of halogens is 2. The van der Waals surface area contributed by atoms with Crippen LogP contribution in [0.3, 0.4) is 0 Å². The lowest BCUT2D eigenvalue weighted by molar-refractivity contribution is 0.340. The molecule has 0 aliphatic heterocycles. The predicted molar refractivity (Wildman–Crippen MR) is 56.6 cm³/mol. The average molecular weight is 216 g/mol. The van der Waals surface area contributed by atoms with E-state index in [1.165, 1.54) is 0 Å². The van der Waals surface area contributed by atoms with Crippen molar-refractivity contribution >= 4 is 11.6 Å². The lowest BCUT2D eigenvalue weighted by Gasteiger charge is -2.10. The smallest absolute Gasteiger partial charge is 0.137 e. The van der Waals surface area contributed by atoms with Crippen LogP contribution < -0.4 is 4.74 Å². The van der Waals surface area contributed by atoms with Crippen molar-refractivity contribution in [1.82, 2.24) is 0 Å². The van der Waals surface area contributed by atoms with Crippen molar-refractivity contribution in [2.45, 2.75) is 13.8 Å². The number of hydrogen-bond acceptors (Lipinski definition) is 1. The summed E-state index contributed by atoms with van der Waals surface area (Å²) in [6.07, 6.45) is 0. The van der Waals surface area contributed by atoms with E-state index >= 15 is 0 Å². The summed E-state index contributed by atoms with van der Waals surface area (Å²) in [5.74, 6) is 1.32. The molecule has 0 saturated carbocycles. The standard InChI is InChI=1S/C11H13ClFO/c1-3-14-11-5-4-9(6-10(11)12)8(2)7-13/h4-6H,3,7H2,1-2H3. The third-order valence-electron chi connectivity index (χ3n) is 1.92. The highest BCUT2D eigenvalue weighted by Gasteiger charge is 2.08. The fourth-order valence-electron chi connectivity index (χ4n) is 1.12. The Bertz CT molecular complexity index is 301. The Morgan fingerprint density at radius 1 is 1.50 bits per heavy atom. The van der Waals surface area contributed by atoms with E-state index in [9.17, 15) is 4.39 Å². The Kier molecular flexibility index (Phi) is 4.21. The summed E-state index contributed by atoms with van der Waals surface area (Å²) >= 11 is 5.95. The summed E-state index contributed by atoms with van der Waals surface area (Å²) in [6.45, 7) is 3.75. The minimum Gasteiger partial charge on any atom is -0.492 e. The van der Waals surface area contributed by atoms with Crippen LogP contribution in [0.5, 0.6) is 5.75 Å². The third kappa shape index (κ3) is 2.61. The molecule has 1 nitrogen and oxygen atoms in total. The van der Waals surface area contributed by atoms with E-state index in [-0.39, 0.29) is 0 Å². The molecule has 0 spiro atoms. The summed E-state index contributed by atoms with van der Waals surface area (Å²) in [4.78, 5) is 0. The number of benzene rings is 1. The maximum atomic E-state index is 12.3. The van der Waals surface area contributed by atoms with Crippen LogP contribution in [0.4, 0.5) is 4.39 Å². The molecule has 0 atom stereocenters. The molecule has 0 aliphatic carbocycles. The normalized spacial score (nSPS) is 10.6. The molecule has 0 N–H and O–H groups in total. The van der Waals surface area contributed by atoms with Gasteiger partial charge in [-0.25, -0.2) is 0 Å². The Balaban J connectivity index is 2.88. The second kappa shape index (κ2) is 5.20. The first kappa shape index (κ1) is 11.3. The molecule has 0 saturated heterocycles. The first-order chi connectivity index (χ1) is 6.69. The molecule has 14 heavy (non-hydrogen) atoms. The molecule has 1 rings (SSSR count). The first-order valence-corrected chi connectivity index (χ1v) is 4.88. The van der Waals surface area contributed by atoms with Crippen molar-refractivity contribution < 1.29 is 9.13 Å². The molecule has 1 aromatic carbocycles. The van der Waals surface area contributed by atoms with Gasteiger partial charge >= 0.3 is 0 Å². The molecule has 1 radical (unpaired) electrons.